The van der Waals surface area contributed by atoms with Crippen molar-refractivity contribution in [3.63, 3.8) is 0 Å². The van der Waals surface area contributed by atoms with Gasteiger partial charge >= 0.3 is 0 Å². The molecule has 1 rings (SSSR count). The second kappa shape index (κ2) is 4.62. The van der Waals surface area contributed by atoms with Gasteiger partial charge in [0.25, 0.3) is 0 Å². The molecule has 0 bridgehead atoms. The normalized spacial score (nSPS) is 9.36. The van der Waals surface area contributed by atoms with E-state index in [1.54, 1.807) is 0 Å². The standard InChI is InChI=1S/C8H5Br2I/c9-8(10)5-6-3-1-2-4-7(6)11/h1-5H. The molecule has 0 radical (unpaired) electrons. The van der Waals surface area contributed by atoms with E-state index in [2.05, 4.69) is 66.6 Å². The lowest BCUT2D eigenvalue weighted by molar-refractivity contribution is 1.60. The molecule has 0 aliphatic carbocycles. The van der Waals surface area contributed by atoms with Crippen LogP contribution in [0.4, 0.5) is 0 Å². The fourth-order valence-electron chi connectivity index (χ4n) is 0.710. The van der Waals surface area contributed by atoms with Gasteiger partial charge in [-0.2, -0.15) is 0 Å². The van der Waals surface area contributed by atoms with Crippen LogP contribution in [-0.2, 0) is 0 Å². The molecule has 0 N–H and O–H groups in total. The summed E-state index contributed by atoms with van der Waals surface area (Å²) in [5.41, 5.74) is 1.22. The maximum Gasteiger partial charge on any atom is 0.0610 e. The summed E-state index contributed by atoms with van der Waals surface area (Å²) in [7, 11) is 0. The van der Waals surface area contributed by atoms with E-state index < -0.39 is 0 Å². The summed E-state index contributed by atoms with van der Waals surface area (Å²) in [6.45, 7) is 0. The zero-order valence-electron chi connectivity index (χ0n) is 5.52. The second-order valence-electron chi connectivity index (χ2n) is 1.96. The SMILES string of the molecule is BrC(Br)=Cc1ccccc1I. The van der Waals surface area contributed by atoms with Crippen LogP contribution in [0.3, 0.4) is 0 Å². The highest BCUT2D eigenvalue weighted by Gasteiger charge is 1.93. The van der Waals surface area contributed by atoms with Gasteiger partial charge in [-0.25, -0.2) is 0 Å². The number of rotatable bonds is 1. The third kappa shape index (κ3) is 3.25. The Morgan fingerprint density at radius 3 is 2.45 bits per heavy atom. The summed E-state index contributed by atoms with van der Waals surface area (Å²) in [6, 6.07) is 8.21. The smallest absolute Gasteiger partial charge is 0.0610 e. The maximum absolute atomic E-state index is 3.32. The number of hydrogen-bond acceptors (Lipinski definition) is 0. The molecule has 0 saturated heterocycles. The van der Waals surface area contributed by atoms with Gasteiger partial charge in [0.05, 0.1) is 3.39 Å². The van der Waals surface area contributed by atoms with Gasteiger partial charge in [-0.05, 0) is 72.2 Å². The number of hydrogen-bond donors (Lipinski definition) is 0. The number of halogens is 3. The highest BCUT2D eigenvalue weighted by Crippen LogP contribution is 2.21. The van der Waals surface area contributed by atoms with E-state index in [4.69, 9.17) is 0 Å². The lowest BCUT2D eigenvalue weighted by Gasteiger charge is -1.95. The van der Waals surface area contributed by atoms with Gasteiger partial charge in [0.1, 0.15) is 0 Å². The van der Waals surface area contributed by atoms with Crippen LogP contribution in [0.25, 0.3) is 6.08 Å². The molecule has 0 saturated carbocycles. The average molecular weight is 388 g/mol. The van der Waals surface area contributed by atoms with Crippen molar-refractivity contribution in [1.82, 2.24) is 0 Å². The fourth-order valence-corrected chi connectivity index (χ4v) is 1.75. The molecule has 1 aromatic carbocycles. The second-order valence-corrected chi connectivity index (χ2v) is 5.89. The van der Waals surface area contributed by atoms with Gasteiger partial charge < -0.3 is 0 Å². The molecule has 0 aliphatic heterocycles. The zero-order valence-corrected chi connectivity index (χ0v) is 10.9. The van der Waals surface area contributed by atoms with Gasteiger partial charge in [-0.3, -0.25) is 0 Å². The van der Waals surface area contributed by atoms with Gasteiger partial charge in [0, 0.05) is 3.57 Å². The molecule has 0 aliphatic rings. The quantitative estimate of drug-likeness (QED) is 0.627. The predicted molar refractivity (Wildman–Crippen MR) is 65.0 cm³/mol. The summed E-state index contributed by atoms with van der Waals surface area (Å²) in [5, 5.41) is 0. The third-order valence-corrected chi connectivity index (χ3v) is 2.61. The van der Waals surface area contributed by atoms with Crippen molar-refractivity contribution in [3.05, 3.63) is 36.8 Å². The zero-order chi connectivity index (χ0) is 8.27. The lowest BCUT2D eigenvalue weighted by Crippen LogP contribution is -1.76. The Bertz CT molecular complexity index is 277. The van der Waals surface area contributed by atoms with E-state index >= 15 is 0 Å². The maximum atomic E-state index is 3.32. The van der Waals surface area contributed by atoms with Crippen molar-refractivity contribution in [2.24, 2.45) is 0 Å². The summed E-state index contributed by atoms with van der Waals surface area (Å²) in [4.78, 5) is 0. The summed E-state index contributed by atoms with van der Waals surface area (Å²) < 4.78 is 2.22. The van der Waals surface area contributed by atoms with Crippen molar-refractivity contribution in [3.8, 4) is 0 Å². The van der Waals surface area contributed by atoms with E-state index in [9.17, 15) is 0 Å². The Labute approximate surface area is 96.5 Å². The lowest BCUT2D eigenvalue weighted by atomic mass is 10.2. The van der Waals surface area contributed by atoms with E-state index in [0.717, 1.165) is 3.39 Å². The summed E-state index contributed by atoms with van der Waals surface area (Å²) in [5.74, 6) is 0. The largest absolute Gasteiger partial charge is 0.0616 e. The van der Waals surface area contributed by atoms with Crippen molar-refractivity contribution in [1.29, 1.82) is 0 Å². The predicted octanol–water partition coefficient (Wildman–Crippen LogP) is 4.38. The van der Waals surface area contributed by atoms with Crippen LogP contribution in [0.15, 0.2) is 27.7 Å². The van der Waals surface area contributed by atoms with Crippen LogP contribution in [0.1, 0.15) is 5.56 Å². The monoisotopic (exact) mass is 386 g/mol. The van der Waals surface area contributed by atoms with Crippen LogP contribution in [-0.4, -0.2) is 0 Å². The van der Waals surface area contributed by atoms with Gasteiger partial charge in [0.15, 0.2) is 0 Å². The first kappa shape index (κ1) is 9.74. The third-order valence-electron chi connectivity index (χ3n) is 1.17. The van der Waals surface area contributed by atoms with E-state index in [0.29, 0.717) is 0 Å². The topological polar surface area (TPSA) is 0 Å². The van der Waals surface area contributed by atoms with E-state index in [1.807, 2.05) is 18.2 Å². The molecule has 0 heterocycles. The van der Waals surface area contributed by atoms with Crippen molar-refractivity contribution >= 4 is 60.5 Å². The molecule has 0 fully saturated rings. The summed E-state index contributed by atoms with van der Waals surface area (Å²) >= 11 is 8.95. The van der Waals surface area contributed by atoms with Gasteiger partial charge in [0.2, 0.25) is 0 Å². The minimum Gasteiger partial charge on any atom is -0.0616 e. The Balaban J connectivity index is 3.04. The van der Waals surface area contributed by atoms with Gasteiger partial charge in [-0.15, -0.1) is 0 Å². The molecule has 11 heavy (non-hydrogen) atoms. The molecular formula is C8H5Br2I. The Morgan fingerprint density at radius 1 is 1.27 bits per heavy atom. The highest BCUT2D eigenvalue weighted by molar-refractivity contribution is 14.1. The van der Waals surface area contributed by atoms with Crippen molar-refractivity contribution < 1.29 is 0 Å². The molecule has 0 unspecified atom stereocenters. The first-order valence-corrected chi connectivity index (χ1v) is 5.64. The minimum atomic E-state index is 0.967. The van der Waals surface area contributed by atoms with Gasteiger partial charge in [-0.1, -0.05) is 18.2 Å². The first-order valence-electron chi connectivity index (χ1n) is 2.97. The molecule has 0 atom stereocenters. The molecule has 0 nitrogen and oxygen atoms in total. The minimum absolute atomic E-state index is 0.967. The Kier molecular flexibility index (Phi) is 4.09. The Morgan fingerprint density at radius 2 is 1.91 bits per heavy atom. The molecule has 58 valence electrons. The molecule has 0 amide bonds. The van der Waals surface area contributed by atoms with Crippen LogP contribution in [0.2, 0.25) is 0 Å². The number of benzene rings is 1. The molecule has 0 aromatic heterocycles. The van der Waals surface area contributed by atoms with Crippen LogP contribution in [0, 0.1) is 3.57 Å². The average Bonchev–Trinajstić information content (AvgIpc) is 1.93. The van der Waals surface area contributed by atoms with E-state index in [1.165, 1.54) is 9.13 Å². The van der Waals surface area contributed by atoms with Crippen molar-refractivity contribution in [2.45, 2.75) is 0 Å². The molecular weight excluding hydrogens is 383 g/mol. The first-order chi connectivity index (χ1) is 5.20. The molecule has 0 spiro atoms. The Hall–Kier alpha value is 0.650. The van der Waals surface area contributed by atoms with Crippen LogP contribution in [0.5, 0.6) is 0 Å². The van der Waals surface area contributed by atoms with Crippen LogP contribution >= 0.6 is 54.5 Å². The molecule has 1 aromatic rings. The highest BCUT2D eigenvalue weighted by atomic mass is 127. The van der Waals surface area contributed by atoms with E-state index in [-0.39, 0.29) is 0 Å². The molecule has 3 heteroatoms. The summed E-state index contributed by atoms with van der Waals surface area (Å²) in [6.07, 6.45) is 2.03. The van der Waals surface area contributed by atoms with Crippen LogP contribution < -0.4 is 0 Å². The van der Waals surface area contributed by atoms with Crippen molar-refractivity contribution in [2.75, 3.05) is 0 Å². The fraction of sp³-hybridized carbons (Fsp3) is 0.